The molecule has 2 N–H and O–H groups in total. The highest BCUT2D eigenvalue weighted by molar-refractivity contribution is 8.00. The number of aromatic nitrogens is 3. The summed E-state index contributed by atoms with van der Waals surface area (Å²) in [5.41, 5.74) is 0.00674. The van der Waals surface area contributed by atoms with Crippen LogP contribution >= 0.6 is 11.8 Å². The Bertz CT molecular complexity index is 1550. The van der Waals surface area contributed by atoms with Crippen LogP contribution < -0.4 is 11.0 Å². The van der Waals surface area contributed by atoms with Gasteiger partial charge in [0.1, 0.15) is 11.6 Å². The van der Waals surface area contributed by atoms with E-state index in [1.54, 1.807) is 12.3 Å². The van der Waals surface area contributed by atoms with Crippen molar-refractivity contribution in [3.63, 3.8) is 0 Å². The number of hydrogen-bond donors (Lipinski definition) is 2. The Balaban J connectivity index is 2.00. The highest BCUT2D eigenvalue weighted by atomic mass is 32.2. The van der Waals surface area contributed by atoms with Gasteiger partial charge in [-0.05, 0) is 36.2 Å². The first kappa shape index (κ1) is 22.0. The minimum Gasteiger partial charge on any atom is -0.493 e. The third-order valence-electron chi connectivity index (χ3n) is 5.56. The predicted molar refractivity (Wildman–Crippen MR) is 126 cm³/mol. The molecular formula is C24H18F2N4O3S. The highest BCUT2D eigenvalue weighted by Crippen LogP contribution is 2.39. The molecule has 2 aromatic heterocycles. The lowest BCUT2D eigenvalue weighted by Crippen LogP contribution is -2.25. The summed E-state index contributed by atoms with van der Waals surface area (Å²) < 4.78 is 31.5. The number of hydrogen-bond acceptors (Lipinski definition) is 6. The van der Waals surface area contributed by atoms with Gasteiger partial charge in [-0.3, -0.25) is 14.3 Å². The van der Waals surface area contributed by atoms with Crippen LogP contribution in [0.25, 0.3) is 27.7 Å². The molecule has 2 aromatic carbocycles. The molecule has 0 saturated heterocycles. The van der Waals surface area contributed by atoms with Gasteiger partial charge in [0.2, 0.25) is 11.8 Å². The van der Waals surface area contributed by atoms with Crippen LogP contribution in [0.3, 0.4) is 0 Å². The van der Waals surface area contributed by atoms with E-state index in [-0.39, 0.29) is 39.4 Å². The van der Waals surface area contributed by atoms with Crippen molar-refractivity contribution in [2.75, 3.05) is 11.1 Å². The molecule has 1 amide bonds. The fourth-order valence-electron chi connectivity index (χ4n) is 4.08. The molecule has 0 saturated carbocycles. The molecule has 5 rings (SSSR count). The van der Waals surface area contributed by atoms with Gasteiger partial charge in [-0.2, -0.15) is 4.98 Å². The van der Waals surface area contributed by atoms with Crippen molar-refractivity contribution in [3.05, 3.63) is 70.4 Å². The third kappa shape index (κ3) is 3.50. The largest absolute Gasteiger partial charge is 0.493 e. The number of halogens is 2. The first-order valence-corrected chi connectivity index (χ1v) is 11.4. The van der Waals surface area contributed by atoms with E-state index in [4.69, 9.17) is 0 Å². The number of carbonyl (C=O) groups excluding carboxylic acids is 1. The van der Waals surface area contributed by atoms with Crippen molar-refractivity contribution >= 4 is 34.3 Å². The smallest absolute Gasteiger partial charge is 0.356 e. The Labute approximate surface area is 196 Å². The van der Waals surface area contributed by atoms with Crippen LogP contribution in [0, 0.1) is 11.6 Å². The van der Waals surface area contributed by atoms with Gasteiger partial charge in [-0.15, -0.1) is 11.8 Å². The Morgan fingerprint density at radius 3 is 2.71 bits per heavy atom. The molecule has 0 aliphatic carbocycles. The van der Waals surface area contributed by atoms with Crippen LogP contribution in [0.5, 0.6) is 5.88 Å². The molecule has 0 atom stereocenters. The number of aromatic hydroxyl groups is 1. The van der Waals surface area contributed by atoms with Gasteiger partial charge < -0.3 is 10.4 Å². The SMILES string of the molecule is CC(C)c1nccc2c1-n1c(=O)nc(O)c3cc(F)c(cc31)-c1c(F)cccc1NC(=O)CS2. The van der Waals surface area contributed by atoms with E-state index in [1.165, 1.54) is 34.5 Å². The summed E-state index contributed by atoms with van der Waals surface area (Å²) in [6.07, 6.45) is 1.59. The van der Waals surface area contributed by atoms with Crippen molar-refractivity contribution in [3.8, 4) is 22.7 Å². The molecule has 1 aliphatic rings. The monoisotopic (exact) mass is 480 g/mol. The van der Waals surface area contributed by atoms with E-state index >= 15 is 4.39 Å². The molecule has 172 valence electrons. The van der Waals surface area contributed by atoms with Gasteiger partial charge >= 0.3 is 5.69 Å². The summed E-state index contributed by atoms with van der Waals surface area (Å²) in [4.78, 5) is 34.6. The number of anilines is 1. The van der Waals surface area contributed by atoms with Crippen LogP contribution in [0.4, 0.5) is 14.5 Å². The summed E-state index contributed by atoms with van der Waals surface area (Å²) >= 11 is 1.18. The van der Waals surface area contributed by atoms with Crippen molar-refractivity contribution < 1.29 is 18.7 Å². The van der Waals surface area contributed by atoms with E-state index < -0.39 is 29.1 Å². The lowest BCUT2D eigenvalue weighted by Gasteiger charge is -2.21. The maximum atomic E-state index is 15.3. The number of benzene rings is 2. The number of pyridine rings is 1. The Morgan fingerprint density at radius 2 is 1.94 bits per heavy atom. The molecule has 10 heteroatoms. The van der Waals surface area contributed by atoms with Gasteiger partial charge in [-0.1, -0.05) is 19.9 Å². The van der Waals surface area contributed by atoms with Gasteiger partial charge in [0.25, 0.3) is 0 Å². The van der Waals surface area contributed by atoms with E-state index in [2.05, 4.69) is 15.3 Å². The lowest BCUT2D eigenvalue weighted by molar-refractivity contribution is -0.113. The Kier molecular flexibility index (Phi) is 5.32. The van der Waals surface area contributed by atoms with Crippen LogP contribution in [0.1, 0.15) is 25.5 Å². The number of thioether (sulfide) groups is 1. The standard InChI is InChI=1S/C24H18F2N4O3S/c1-11(2)21-22-18(6-7-27-21)34-10-19(31)28-16-5-3-4-14(25)20(16)12-9-17-13(8-15(12)26)23(32)29-24(33)30(17)22/h3-9,11H,10H2,1-2H3,(H,28,31)(H,29,32,33). The number of amides is 1. The van der Waals surface area contributed by atoms with Gasteiger partial charge in [0.05, 0.1) is 33.7 Å². The second kappa shape index (κ2) is 8.21. The molecule has 0 unspecified atom stereocenters. The predicted octanol–water partition coefficient (Wildman–Crippen LogP) is 4.60. The van der Waals surface area contributed by atoms with Crippen molar-refractivity contribution in [1.82, 2.24) is 14.5 Å². The fraction of sp³-hybridized carbons (Fsp3) is 0.167. The molecule has 7 nitrogen and oxygen atoms in total. The van der Waals surface area contributed by atoms with Gasteiger partial charge in [0, 0.05) is 22.2 Å². The fourth-order valence-corrected chi connectivity index (χ4v) is 4.93. The van der Waals surface area contributed by atoms with Crippen LogP contribution in [-0.4, -0.2) is 31.3 Å². The quantitative estimate of drug-likeness (QED) is 0.413. The molecule has 1 aliphatic heterocycles. The maximum absolute atomic E-state index is 15.3. The van der Waals surface area contributed by atoms with E-state index in [0.29, 0.717) is 16.3 Å². The average Bonchev–Trinajstić information content (AvgIpc) is 2.78. The molecule has 34 heavy (non-hydrogen) atoms. The first-order valence-electron chi connectivity index (χ1n) is 10.4. The third-order valence-corrected chi connectivity index (χ3v) is 6.61. The summed E-state index contributed by atoms with van der Waals surface area (Å²) in [5.74, 6) is -2.84. The number of nitrogens with one attached hydrogen (secondary N) is 1. The van der Waals surface area contributed by atoms with Crippen molar-refractivity contribution in [1.29, 1.82) is 0 Å². The summed E-state index contributed by atoms with van der Waals surface area (Å²) in [7, 11) is 0. The first-order chi connectivity index (χ1) is 16.3. The Morgan fingerprint density at radius 1 is 1.15 bits per heavy atom. The molecule has 0 spiro atoms. The van der Waals surface area contributed by atoms with E-state index in [0.717, 1.165) is 12.1 Å². The lowest BCUT2D eigenvalue weighted by atomic mass is 10.00. The molecule has 2 bridgehead atoms. The minimum absolute atomic E-state index is 0.0191. The molecule has 4 aromatic rings. The van der Waals surface area contributed by atoms with Crippen LogP contribution in [0.2, 0.25) is 0 Å². The summed E-state index contributed by atoms with van der Waals surface area (Å²) in [5, 5.41) is 13.0. The number of carbonyl (C=O) groups is 1. The number of rotatable bonds is 1. The van der Waals surface area contributed by atoms with Crippen molar-refractivity contribution in [2.24, 2.45) is 0 Å². The highest BCUT2D eigenvalue weighted by Gasteiger charge is 2.25. The second-order valence-electron chi connectivity index (χ2n) is 8.10. The number of nitrogens with zero attached hydrogens (tertiary/aromatic N) is 3. The zero-order valence-corrected chi connectivity index (χ0v) is 18.9. The van der Waals surface area contributed by atoms with E-state index in [9.17, 15) is 19.1 Å². The minimum atomic E-state index is -0.850. The zero-order chi connectivity index (χ0) is 24.1. The summed E-state index contributed by atoms with van der Waals surface area (Å²) in [6.45, 7) is 3.79. The molecule has 0 radical (unpaired) electrons. The number of fused-ring (bicyclic) bond motifs is 5. The van der Waals surface area contributed by atoms with Gasteiger partial charge in [-0.25, -0.2) is 13.6 Å². The molecule has 3 heterocycles. The van der Waals surface area contributed by atoms with Gasteiger partial charge in [0.15, 0.2) is 0 Å². The topological polar surface area (TPSA) is 97.1 Å². The summed E-state index contributed by atoms with van der Waals surface area (Å²) in [6, 6.07) is 8.01. The molecule has 0 fully saturated rings. The normalized spacial score (nSPS) is 13.3. The maximum Gasteiger partial charge on any atom is 0.356 e. The second-order valence-corrected chi connectivity index (χ2v) is 9.12. The van der Waals surface area contributed by atoms with E-state index in [1.807, 2.05) is 13.8 Å². The van der Waals surface area contributed by atoms with Crippen LogP contribution in [0.15, 0.2) is 52.3 Å². The molecular weight excluding hydrogens is 462 g/mol. The average molecular weight is 480 g/mol. The Hall–Kier alpha value is -3.79. The van der Waals surface area contributed by atoms with Crippen molar-refractivity contribution in [2.45, 2.75) is 24.7 Å². The zero-order valence-electron chi connectivity index (χ0n) is 18.1. The van der Waals surface area contributed by atoms with Crippen LogP contribution in [-0.2, 0) is 4.79 Å².